The number of hydrogen-bond donors (Lipinski definition) is 2. The molecule has 0 aliphatic carbocycles. The second kappa shape index (κ2) is 5.05. The fourth-order valence-corrected chi connectivity index (χ4v) is 1.69. The number of aliphatic hydroxyl groups is 1. The molecule has 0 saturated heterocycles. The summed E-state index contributed by atoms with van der Waals surface area (Å²) in [5.74, 6) is 0.742. The Kier molecular flexibility index (Phi) is 3.47. The molecule has 0 aliphatic heterocycles. The molecule has 1 aromatic heterocycles. The van der Waals surface area contributed by atoms with E-state index in [1.807, 2.05) is 6.92 Å². The monoisotopic (exact) mass is 251 g/mol. The number of H-pyrrole nitrogens is 1. The van der Waals surface area contributed by atoms with Gasteiger partial charge in [0.1, 0.15) is 11.9 Å². The van der Waals surface area contributed by atoms with Crippen molar-refractivity contribution in [3.8, 4) is 11.4 Å². The van der Waals surface area contributed by atoms with Crippen LogP contribution in [0, 0.1) is 0 Å². The van der Waals surface area contributed by atoms with Crippen LogP contribution in [0.5, 0.6) is 5.75 Å². The zero-order chi connectivity index (χ0) is 13.1. The highest BCUT2D eigenvalue weighted by molar-refractivity contribution is 5.31. The van der Waals surface area contributed by atoms with Crippen LogP contribution in [0.15, 0.2) is 33.6 Å². The van der Waals surface area contributed by atoms with Gasteiger partial charge in [-0.25, -0.2) is 4.79 Å². The molecule has 0 fully saturated rings. The van der Waals surface area contributed by atoms with Gasteiger partial charge in [-0.05, 0) is 35.9 Å². The molecule has 6 heteroatoms. The molecule has 0 saturated carbocycles. The summed E-state index contributed by atoms with van der Waals surface area (Å²) in [5.41, 5.74) is 0.248. The lowest BCUT2D eigenvalue weighted by Crippen LogP contribution is -2.39. The number of nitrogens with zero attached hydrogens (tertiary/aromatic N) is 1. The summed E-state index contributed by atoms with van der Waals surface area (Å²) in [6.45, 7) is 4.00. The van der Waals surface area contributed by atoms with Crippen molar-refractivity contribution in [2.75, 3.05) is 6.61 Å². The number of rotatable bonds is 4. The van der Waals surface area contributed by atoms with Gasteiger partial charge in [-0.3, -0.25) is 4.52 Å². The molecule has 1 atom stereocenters. The highest BCUT2D eigenvalue weighted by Crippen LogP contribution is 2.12. The van der Waals surface area contributed by atoms with Gasteiger partial charge in [0, 0.05) is 12.1 Å². The Bertz CT molecular complexity index is 569. The minimum Gasteiger partial charge on any atom is -0.494 e. The predicted octanol–water partition coefficient (Wildman–Crippen LogP) is 0.697. The number of aromatic nitrogens is 2. The lowest BCUT2D eigenvalue weighted by atomic mass is 10.2. The lowest BCUT2D eigenvalue weighted by molar-refractivity contribution is -0.680. The molecule has 0 radical (unpaired) electrons. The van der Waals surface area contributed by atoms with Crippen LogP contribution in [0.3, 0.4) is 0 Å². The maximum absolute atomic E-state index is 11.4. The van der Waals surface area contributed by atoms with Gasteiger partial charge < -0.3 is 9.84 Å². The molecule has 2 rings (SSSR count). The zero-order valence-electron chi connectivity index (χ0n) is 10.2. The van der Waals surface area contributed by atoms with Crippen LogP contribution in [0.1, 0.15) is 25.6 Å². The fraction of sp³-hybridized carbons (Fsp3) is 0.333. The third-order valence-corrected chi connectivity index (χ3v) is 2.48. The summed E-state index contributed by atoms with van der Waals surface area (Å²) in [5, 5.41) is 12.0. The van der Waals surface area contributed by atoms with Gasteiger partial charge in [0.2, 0.25) is 5.69 Å². The maximum Gasteiger partial charge on any atom is 0.433 e. The van der Waals surface area contributed by atoms with Crippen LogP contribution in [0.25, 0.3) is 5.69 Å². The van der Waals surface area contributed by atoms with E-state index in [0.29, 0.717) is 12.3 Å². The fourth-order valence-electron chi connectivity index (χ4n) is 1.69. The first-order valence-corrected chi connectivity index (χ1v) is 5.68. The van der Waals surface area contributed by atoms with E-state index in [1.165, 1.54) is 11.6 Å². The van der Waals surface area contributed by atoms with Crippen molar-refractivity contribution in [3.63, 3.8) is 0 Å². The molecule has 2 N–H and O–H groups in total. The number of benzene rings is 1. The van der Waals surface area contributed by atoms with E-state index in [2.05, 4.69) is 9.79 Å². The molecule has 96 valence electrons. The zero-order valence-corrected chi connectivity index (χ0v) is 10.2. The van der Waals surface area contributed by atoms with Gasteiger partial charge in [0.15, 0.2) is 0 Å². The minimum atomic E-state index is -0.918. The summed E-state index contributed by atoms with van der Waals surface area (Å²) in [6.07, 6.45) is -0.918. The Morgan fingerprint density at radius 3 is 2.67 bits per heavy atom. The average molecular weight is 251 g/mol. The van der Waals surface area contributed by atoms with Gasteiger partial charge in [0.25, 0.3) is 0 Å². The number of hydrogen-bond acceptors (Lipinski definition) is 4. The smallest absolute Gasteiger partial charge is 0.433 e. The second-order valence-corrected chi connectivity index (χ2v) is 3.80. The minimum absolute atomic E-state index is 0.152. The third kappa shape index (κ3) is 2.28. The molecule has 1 unspecified atom stereocenters. The van der Waals surface area contributed by atoms with Crippen molar-refractivity contribution in [2.45, 2.75) is 20.0 Å². The Morgan fingerprint density at radius 1 is 1.44 bits per heavy atom. The molecule has 0 spiro atoms. The molecule has 6 nitrogen and oxygen atoms in total. The maximum atomic E-state index is 11.4. The summed E-state index contributed by atoms with van der Waals surface area (Å²) < 4.78 is 11.4. The summed E-state index contributed by atoms with van der Waals surface area (Å²) in [7, 11) is 0. The van der Waals surface area contributed by atoms with Crippen molar-refractivity contribution >= 4 is 0 Å². The Labute approximate surface area is 103 Å². The van der Waals surface area contributed by atoms with Gasteiger partial charge in [0.05, 0.1) is 6.61 Å². The van der Waals surface area contributed by atoms with Crippen molar-refractivity contribution in [1.29, 1.82) is 0 Å². The quantitative estimate of drug-likeness (QED) is 0.784. The molecule has 18 heavy (non-hydrogen) atoms. The average Bonchev–Trinajstić information content (AvgIpc) is 2.73. The highest BCUT2D eigenvalue weighted by Gasteiger charge is 2.27. The van der Waals surface area contributed by atoms with E-state index < -0.39 is 11.7 Å². The van der Waals surface area contributed by atoms with E-state index >= 15 is 0 Å². The molecular formula is C12H15N2O4+. The first kappa shape index (κ1) is 12.4. The van der Waals surface area contributed by atoms with E-state index in [0.717, 1.165) is 5.75 Å². The standard InChI is InChI=1S/C12H14N2O4/c1-3-17-10-6-4-9(5-7-10)14-11(8(2)15)12(16)18-13-14/h4-8,15H,3H2,1-2H3/p+1. The molecule has 1 aromatic carbocycles. The Balaban J connectivity index is 2.40. The van der Waals surface area contributed by atoms with Crippen LogP contribution >= 0.6 is 0 Å². The number of aliphatic hydroxyl groups excluding tert-OH is 1. The van der Waals surface area contributed by atoms with E-state index in [4.69, 9.17) is 4.74 Å². The number of ether oxygens (including phenoxy) is 1. The Morgan fingerprint density at radius 2 is 2.11 bits per heavy atom. The largest absolute Gasteiger partial charge is 0.494 e. The van der Waals surface area contributed by atoms with Crippen molar-refractivity contribution < 1.29 is 19.0 Å². The van der Waals surface area contributed by atoms with Crippen molar-refractivity contribution in [3.05, 3.63) is 40.4 Å². The van der Waals surface area contributed by atoms with Gasteiger partial charge in [-0.15, -0.1) is 0 Å². The van der Waals surface area contributed by atoms with Crippen molar-refractivity contribution in [2.24, 2.45) is 0 Å². The van der Waals surface area contributed by atoms with Gasteiger partial charge >= 0.3 is 11.3 Å². The highest BCUT2D eigenvalue weighted by atomic mass is 16.5. The molecular weight excluding hydrogens is 236 g/mol. The van der Waals surface area contributed by atoms with Crippen LogP contribution in [0.2, 0.25) is 0 Å². The summed E-state index contributed by atoms with van der Waals surface area (Å²) in [4.78, 5) is 11.4. The lowest BCUT2D eigenvalue weighted by Gasteiger charge is -2.01. The van der Waals surface area contributed by atoms with Crippen LogP contribution in [-0.2, 0) is 0 Å². The molecule has 0 aliphatic rings. The van der Waals surface area contributed by atoms with E-state index in [9.17, 15) is 9.90 Å². The molecule has 2 aromatic rings. The summed E-state index contributed by atoms with van der Waals surface area (Å²) in [6, 6.07) is 7.09. The van der Waals surface area contributed by atoms with Crippen LogP contribution in [-0.4, -0.2) is 17.0 Å². The van der Waals surface area contributed by atoms with Crippen LogP contribution in [0.4, 0.5) is 0 Å². The molecule has 1 heterocycles. The topological polar surface area (TPSA) is 79.3 Å². The normalized spacial score (nSPS) is 12.4. The van der Waals surface area contributed by atoms with Gasteiger partial charge in [-0.2, -0.15) is 0 Å². The SMILES string of the molecule is CCOc1ccc(-[n+]2[nH]oc(=O)c2C(C)O)cc1. The molecule has 0 amide bonds. The van der Waals surface area contributed by atoms with Crippen LogP contribution < -0.4 is 15.0 Å². The second-order valence-electron chi connectivity index (χ2n) is 3.80. The first-order valence-electron chi connectivity index (χ1n) is 5.68. The molecule has 0 bridgehead atoms. The first-order chi connectivity index (χ1) is 8.63. The van der Waals surface area contributed by atoms with Crippen molar-refractivity contribution in [1.82, 2.24) is 5.27 Å². The van der Waals surface area contributed by atoms with E-state index in [1.54, 1.807) is 24.3 Å². The third-order valence-electron chi connectivity index (χ3n) is 2.48. The summed E-state index contributed by atoms with van der Waals surface area (Å²) >= 11 is 0. The number of nitrogens with one attached hydrogen (secondary N) is 1. The predicted molar refractivity (Wildman–Crippen MR) is 62.7 cm³/mol. The van der Waals surface area contributed by atoms with Gasteiger partial charge in [-0.1, -0.05) is 0 Å². The van der Waals surface area contributed by atoms with E-state index in [-0.39, 0.29) is 5.69 Å². The Hall–Kier alpha value is -2.08. The number of aromatic amines is 1.